The fraction of sp³-hybridized carbons (Fsp3) is 0.571. The number of piperazine rings is 1. The molecule has 2 rings (SSSR count). The number of likely N-dealkylation sites (N-methyl/N-ethyl adjacent to an activating group) is 1. The van der Waals surface area contributed by atoms with Crippen LogP contribution in [0.15, 0.2) is 30.3 Å². The van der Waals surface area contributed by atoms with Gasteiger partial charge in [0.2, 0.25) is 0 Å². The van der Waals surface area contributed by atoms with Gasteiger partial charge in [-0.25, -0.2) is 0 Å². The van der Waals surface area contributed by atoms with Gasteiger partial charge in [-0.3, -0.25) is 4.90 Å². The lowest BCUT2D eigenvalue weighted by Gasteiger charge is -2.37. The molecular weight excluding hydrogens is 196 g/mol. The smallest absolute Gasteiger partial charge is 0.0320 e. The second-order valence-corrected chi connectivity index (χ2v) is 4.56. The lowest BCUT2D eigenvalue weighted by atomic mass is 10.1. The van der Waals surface area contributed by atoms with Crippen molar-refractivity contribution in [3.63, 3.8) is 0 Å². The van der Waals surface area contributed by atoms with Gasteiger partial charge in [-0.2, -0.15) is 0 Å². The van der Waals surface area contributed by atoms with Gasteiger partial charge in [0.1, 0.15) is 0 Å². The van der Waals surface area contributed by atoms with Crippen molar-refractivity contribution >= 4 is 0 Å². The van der Waals surface area contributed by atoms with Gasteiger partial charge >= 0.3 is 0 Å². The summed E-state index contributed by atoms with van der Waals surface area (Å²) in [6, 6.07) is 11.4. The summed E-state index contributed by atoms with van der Waals surface area (Å²) in [6.07, 6.45) is 0. The van der Waals surface area contributed by atoms with Crippen molar-refractivity contribution in [2.75, 3.05) is 32.7 Å². The topological polar surface area (TPSA) is 6.48 Å². The Balaban J connectivity index is 1.94. The summed E-state index contributed by atoms with van der Waals surface area (Å²) >= 11 is 0. The highest BCUT2D eigenvalue weighted by atomic mass is 15.3. The number of hydrogen-bond donors (Lipinski definition) is 0. The maximum Gasteiger partial charge on any atom is 0.0320 e. The Kier molecular flexibility index (Phi) is 3.97. The molecule has 1 aliphatic heterocycles. The van der Waals surface area contributed by atoms with Crippen LogP contribution < -0.4 is 0 Å². The van der Waals surface area contributed by atoms with Crippen molar-refractivity contribution in [2.45, 2.75) is 19.9 Å². The van der Waals surface area contributed by atoms with Gasteiger partial charge in [0.05, 0.1) is 0 Å². The molecule has 2 nitrogen and oxygen atoms in total. The Labute approximate surface area is 98.9 Å². The third-order valence-electron chi connectivity index (χ3n) is 3.68. The molecule has 1 heterocycles. The highest BCUT2D eigenvalue weighted by Gasteiger charge is 2.20. The van der Waals surface area contributed by atoms with Crippen LogP contribution in [0.3, 0.4) is 0 Å². The minimum atomic E-state index is 0.556. The van der Waals surface area contributed by atoms with Crippen molar-refractivity contribution in [3.05, 3.63) is 35.9 Å². The summed E-state index contributed by atoms with van der Waals surface area (Å²) < 4.78 is 0. The summed E-state index contributed by atoms with van der Waals surface area (Å²) in [6.45, 7) is 10.6. The first-order valence-corrected chi connectivity index (χ1v) is 6.32. The van der Waals surface area contributed by atoms with Crippen LogP contribution in [-0.4, -0.2) is 42.5 Å². The van der Waals surface area contributed by atoms with Crippen LogP contribution in [-0.2, 0) is 0 Å². The molecule has 1 aliphatic rings. The van der Waals surface area contributed by atoms with Crippen molar-refractivity contribution in [3.8, 4) is 0 Å². The molecule has 0 amide bonds. The Morgan fingerprint density at radius 3 is 2.25 bits per heavy atom. The van der Waals surface area contributed by atoms with Crippen molar-refractivity contribution in [1.82, 2.24) is 9.80 Å². The number of nitrogens with zero attached hydrogens (tertiary/aromatic N) is 2. The van der Waals surface area contributed by atoms with E-state index in [4.69, 9.17) is 0 Å². The molecule has 1 atom stereocenters. The molecule has 0 aromatic heterocycles. The first kappa shape index (κ1) is 11.6. The van der Waals surface area contributed by atoms with E-state index in [9.17, 15) is 0 Å². The minimum absolute atomic E-state index is 0.556. The molecule has 0 spiro atoms. The third kappa shape index (κ3) is 2.63. The lowest BCUT2D eigenvalue weighted by Crippen LogP contribution is -2.46. The molecule has 1 aromatic carbocycles. The van der Waals surface area contributed by atoms with E-state index >= 15 is 0 Å². The first-order valence-electron chi connectivity index (χ1n) is 6.32. The van der Waals surface area contributed by atoms with E-state index in [1.165, 1.54) is 38.3 Å². The van der Waals surface area contributed by atoms with E-state index in [1.54, 1.807) is 0 Å². The molecular formula is C14H22N2. The molecule has 0 saturated carbocycles. The van der Waals surface area contributed by atoms with E-state index in [1.807, 2.05) is 0 Å². The van der Waals surface area contributed by atoms with Gasteiger partial charge in [-0.15, -0.1) is 0 Å². The van der Waals surface area contributed by atoms with Gasteiger partial charge in [0.15, 0.2) is 0 Å². The summed E-state index contributed by atoms with van der Waals surface area (Å²) in [7, 11) is 0. The van der Waals surface area contributed by atoms with Gasteiger partial charge < -0.3 is 4.90 Å². The maximum absolute atomic E-state index is 2.58. The average Bonchev–Trinajstić information content (AvgIpc) is 2.39. The molecule has 1 aromatic rings. The van der Waals surface area contributed by atoms with E-state index in [0.29, 0.717) is 6.04 Å². The van der Waals surface area contributed by atoms with Crippen molar-refractivity contribution < 1.29 is 0 Å². The average molecular weight is 218 g/mol. The van der Waals surface area contributed by atoms with E-state index in [2.05, 4.69) is 54.0 Å². The van der Waals surface area contributed by atoms with Crippen LogP contribution >= 0.6 is 0 Å². The zero-order chi connectivity index (χ0) is 11.4. The Bertz CT molecular complexity index is 302. The predicted octanol–water partition coefficient (Wildman–Crippen LogP) is 2.39. The zero-order valence-electron chi connectivity index (χ0n) is 10.4. The predicted molar refractivity (Wildman–Crippen MR) is 68.5 cm³/mol. The van der Waals surface area contributed by atoms with Crippen LogP contribution in [0, 0.1) is 0 Å². The minimum Gasteiger partial charge on any atom is -0.301 e. The highest BCUT2D eigenvalue weighted by molar-refractivity contribution is 5.18. The highest BCUT2D eigenvalue weighted by Crippen LogP contribution is 2.20. The van der Waals surface area contributed by atoms with E-state index < -0.39 is 0 Å². The van der Waals surface area contributed by atoms with E-state index in [-0.39, 0.29) is 0 Å². The molecule has 16 heavy (non-hydrogen) atoms. The molecule has 0 N–H and O–H groups in total. The third-order valence-corrected chi connectivity index (χ3v) is 3.68. The molecule has 0 aliphatic carbocycles. The van der Waals surface area contributed by atoms with Crippen LogP contribution in [0.1, 0.15) is 25.5 Å². The van der Waals surface area contributed by atoms with Crippen LogP contribution in [0.25, 0.3) is 0 Å². The SMILES string of the molecule is CCN1CCN(C(C)c2ccccc2)CC1. The zero-order valence-corrected chi connectivity index (χ0v) is 10.4. The lowest BCUT2D eigenvalue weighted by molar-refractivity contribution is 0.106. The van der Waals surface area contributed by atoms with Gasteiger partial charge in [0.25, 0.3) is 0 Å². The van der Waals surface area contributed by atoms with Gasteiger partial charge in [-0.05, 0) is 19.0 Å². The Hall–Kier alpha value is -0.860. The molecule has 2 heteroatoms. The van der Waals surface area contributed by atoms with Gasteiger partial charge in [-0.1, -0.05) is 37.3 Å². The maximum atomic E-state index is 2.58. The fourth-order valence-corrected chi connectivity index (χ4v) is 2.41. The molecule has 1 saturated heterocycles. The molecule has 1 unspecified atom stereocenters. The first-order chi connectivity index (χ1) is 7.81. The molecule has 0 bridgehead atoms. The monoisotopic (exact) mass is 218 g/mol. The van der Waals surface area contributed by atoms with Crippen molar-refractivity contribution in [1.29, 1.82) is 0 Å². The quantitative estimate of drug-likeness (QED) is 0.768. The molecule has 88 valence electrons. The molecule has 1 fully saturated rings. The van der Waals surface area contributed by atoms with Crippen LogP contribution in [0.4, 0.5) is 0 Å². The second-order valence-electron chi connectivity index (χ2n) is 4.56. The standard InChI is InChI=1S/C14H22N2/c1-3-15-9-11-16(12-10-15)13(2)14-7-5-4-6-8-14/h4-8,13H,3,9-12H2,1-2H3. The summed E-state index contributed by atoms with van der Waals surface area (Å²) in [4.78, 5) is 5.11. The van der Waals surface area contributed by atoms with Crippen LogP contribution in [0.2, 0.25) is 0 Å². The van der Waals surface area contributed by atoms with Crippen LogP contribution in [0.5, 0.6) is 0 Å². The van der Waals surface area contributed by atoms with Gasteiger partial charge in [0, 0.05) is 32.2 Å². The Morgan fingerprint density at radius 2 is 1.69 bits per heavy atom. The number of benzene rings is 1. The second kappa shape index (κ2) is 5.46. The summed E-state index contributed by atoms with van der Waals surface area (Å²) in [5.74, 6) is 0. The molecule has 0 radical (unpaired) electrons. The van der Waals surface area contributed by atoms with E-state index in [0.717, 1.165) is 0 Å². The van der Waals surface area contributed by atoms with Crippen molar-refractivity contribution in [2.24, 2.45) is 0 Å². The normalized spacial score (nSPS) is 20.9. The number of rotatable bonds is 3. The summed E-state index contributed by atoms with van der Waals surface area (Å²) in [5, 5.41) is 0. The number of hydrogen-bond acceptors (Lipinski definition) is 2. The Morgan fingerprint density at radius 1 is 1.06 bits per heavy atom. The largest absolute Gasteiger partial charge is 0.301 e. The summed E-state index contributed by atoms with van der Waals surface area (Å²) in [5.41, 5.74) is 1.44. The fourth-order valence-electron chi connectivity index (χ4n) is 2.41.